The maximum absolute atomic E-state index is 12.6. The Morgan fingerprint density at radius 1 is 1.26 bits per heavy atom. The number of rotatable bonds is 4. The standard InChI is InChI=1S/C18H22N4O/c1-12-8-20-17(22(12)9-14-5-6-14)15-10-21(11-15)18(23)16-4-3-7-19-13(16)2/h3-4,7-8,14-15H,5-6,9-11H2,1-2H3. The van der Waals surface area contributed by atoms with Gasteiger partial charge in [0.05, 0.1) is 11.5 Å². The average molecular weight is 310 g/mol. The summed E-state index contributed by atoms with van der Waals surface area (Å²) >= 11 is 0. The van der Waals surface area contributed by atoms with E-state index in [9.17, 15) is 4.79 Å². The lowest BCUT2D eigenvalue weighted by molar-refractivity contribution is 0.0589. The lowest BCUT2D eigenvalue weighted by Gasteiger charge is -2.39. The predicted octanol–water partition coefficient (Wildman–Crippen LogP) is 2.54. The van der Waals surface area contributed by atoms with Gasteiger partial charge in [0, 0.05) is 43.4 Å². The summed E-state index contributed by atoms with van der Waals surface area (Å²) in [5.74, 6) is 2.44. The van der Waals surface area contributed by atoms with Gasteiger partial charge in [-0.15, -0.1) is 0 Å². The van der Waals surface area contributed by atoms with E-state index in [1.165, 1.54) is 18.5 Å². The lowest BCUT2D eigenvalue weighted by atomic mass is 9.97. The Morgan fingerprint density at radius 3 is 2.74 bits per heavy atom. The molecule has 5 heteroatoms. The maximum atomic E-state index is 12.6. The fourth-order valence-electron chi connectivity index (χ4n) is 3.29. The largest absolute Gasteiger partial charge is 0.337 e. The highest BCUT2D eigenvalue weighted by Crippen LogP contribution is 2.34. The number of nitrogens with zero attached hydrogens (tertiary/aromatic N) is 4. The van der Waals surface area contributed by atoms with Gasteiger partial charge in [-0.1, -0.05) is 0 Å². The summed E-state index contributed by atoms with van der Waals surface area (Å²) in [6, 6.07) is 3.68. The van der Waals surface area contributed by atoms with Crippen LogP contribution in [0, 0.1) is 19.8 Å². The minimum atomic E-state index is 0.0869. The van der Waals surface area contributed by atoms with Crippen molar-refractivity contribution >= 4 is 5.91 Å². The van der Waals surface area contributed by atoms with Crippen molar-refractivity contribution in [2.75, 3.05) is 13.1 Å². The second kappa shape index (κ2) is 5.48. The molecule has 1 aliphatic heterocycles. The molecular weight excluding hydrogens is 288 g/mol. The van der Waals surface area contributed by atoms with Crippen LogP contribution in [0.5, 0.6) is 0 Å². The molecule has 0 radical (unpaired) electrons. The van der Waals surface area contributed by atoms with Gasteiger partial charge in [-0.2, -0.15) is 0 Å². The highest BCUT2D eigenvalue weighted by atomic mass is 16.2. The predicted molar refractivity (Wildman–Crippen MR) is 87.3 cm³/mol. The van der Waals surface area contributed by atoms with Crippen molar-refractivity contribution in [1.29, 1.82) is 0 Å². The zero-order chi connectivity index (χ0) is 16.0. The topological polar surface area (TPSA) is 51.0 Å². The molecule has 1 aliphatic carbocycles. The number of likely N-dealkylation sites (tertiary alicyclic amines) is 1. The van der Waals surface area contributed by atoms with Crippen LogP contribution in [-0.2, 0) is 6.54 Å². The average Bonchev–Trinajstić information content (AvgIpc) is 3.24. The Morgan fingerprint density at radius 2 is 2.04 bits per heavy atom. The van der Waals surface area contributed by atoms with E-state index in [2.05, 4.69) is 21.5 Å². The van der Waals surface area contributed by atoms with Crippen LogP contribution >= 0.6 is 0 Å². The van der Waals surface area contributed by atoms with Crippen molar-refractivity contribution in [3.05, 3.63) is 47.3 Å². The van der Waals surface area contributed by atoms with Gasteiger partial charge in [-0.05, 0) is 44.7 Å². The zero-order valence-corrected chi connectivity index (χ0v) is 13.7. The first-order valence-electron chi connectivity index (χ1n) is 8.36. The first-order valence-corrected chi connectivity index (χ1v) is 8.36. The molecule has 0 bridgehead atoms. The Bertz CT molecular complexity index is 741. The Kier molecular flexibility index (Phi) is 3.43. The Hall–Kier alpha value is -2.17. The maximum Gasteiger partial charge on any atom is 0.255 e. The van der Waals surface area contributed by atoms with E-state index in [0.29, 0.717) is 11.5 Å². The molecule has 0 spiro atoms. The molecule has 2 fully saturated rings. The molecule has 0 N–H and O–H groups in total. The first kappa shape index (κ1) is 14.4. The molecule has 3 heterocycles. The number of imidazole rings is 1. The molecule has 2 aromatic heterocycles. The third-order valence-corrected chi connectivity index (χ3v) is 4.99. The van der Waals surface area contributed by atoms with E-state index < -0.39 is 0 Å². The number of carbonyl (C=O) groups excluding carboxylic acids is 1. The molecule has 120 valence electrons. The van der Waals surface area contributed by atoms with E-state index in [0.717, 1.165) is 37.1 Å². The van der Waals surface area contributed by atoms with Gasteiger partial charge < -0.3 is 9.47 Å². The summed E-state index contributed by atoms with van der Waals surface area (Å²) in [5, 5.41) is 0. The number of aryl methyl sites for hydroxylation is 2. The number of carbonyl (C=O) groups is 1. The second-order valence-corrected chi connectivity index (χ2v) is 6.86. The van der Waals surface area contributed by atoms with Crippen LogP contribution in [-0.4, -0.2) is 38.4 Å². The molecule has 23 heavy (non-hydrogen) atoms. The van der Waals surface area contributed by atoms with Crippen LogP contribution in [0.1, 0.15) is 46.3 Å². The fraction of sp³-hybridized carbons (Fsp3) is 0.500. The minimum absolute atomic E-state index is 0.0869. The number of hydrogen-bond donors (Lipinski definition) is 0. The van der Waals surface area contributed by atoms with Crippen molar-refractivity contribution in [3.63, 3.8) is 0 Å². The summed E-state index contributed by atoms with van der Waals surface area (Å²) in [7, 11) is 0. The summed E-state index contributed by atoms with van der Waals surface area (Å²) in [4.78, 5) is 23.3. The quantitative estimate of drug-likeness (QED) is 0.872. The van der Waals surface area contributed by atoms with E-state index in [1.54, 1.807) is 6.20 Å². The van der Waals surface area contributed by atoms with E-state index in [4.69, 9.17) is 0 Å². The van der Waals surface area contributed by atoms with Gasteiger partial charge in [0.1, 0.15) is 5.82 Å². The minimum Gasteiger partial charge on any atom is -0.337 e. The van der Waals surface area contributed by atoms with Gasteiger partial charge in [0.2, 0.25) is 0 Å². The summed E-state index contributed by atoms with van der Waals surface area (Å²) in [5.41, 5.74) is 2.75. The van der Waals surface area contributed by atoms with Gasteiger partial charge in [0.15, 0.2) is 0 Å². The Balaban J connectivity index is 1.45. The number of pyridine rings is 1. The molecule has 2 aromatic rings. The highest BCUT2D eigenvalue weighted by Gasteiger charge is 2.36. The van der Waals surface area contributed by atoms with Crippen molar-refractivity contribution < 1.29 is 4.79 Å². The molecule has 2 aliphatic rings. The van der Waals surface area contributed by atoms with Crippen LogP contribution < -0.4 is 0 Å². The summed E-state index contributed by atoms with van der Waals surface area (Å²) in [6.45, 7) is 6.62. The van der Waals surface area contributed by atoms with Gasteiger partial charge in [-0.25, -0.2) is 4.98 Å². The van der Waals surface area contributed by atoms with Gasteiger partial charge >= 0.3 is 0 Å². The smallest absolute Gasteiger partial charge is 0.255 e. The van der Waals surface area contributed by atoms with Crippen molar-refractivity contribution in [2.45, 2.75) is 39.2 Å². The molecule has 5 nitrogen and oxygen atoms in total. The molecule has 1 amide bonds. The van der Waals surface area contributed by atoms with E-state index in [1.807, 2.05) is 30.2 Å². The molecular formula is C18H22N4O. The van der Waals surface area contributed by atoms with Crippen LogP contribution in [0.25, 0.3) is 0 Å². The third-order valence-electron chi connectivity index (χ3n) is 4.99. The van der Waals surface area contributed by atoms with Crippen LogP contribution in [0.15, 0.2) is 24.5 Å². The molecule has 0 unspecified atom stereocenters. The number of amides is 1. The fourth-order valence-corrected chi connectivity index (χ4v) is 3.29. The van der Waals surface area contributed by atoms with Gasteiger partial charge in [0.25, 0.3) is 5.91 Å². The third kappa shape index (κ3) is 2.64. The van der Waals surface area contributed by atoms with Crippen LogP contribution in [0.4, 0.5) is 0 Å². The monoisotopic (exact) mass is 310 g/mol. The molecule has 0 aromatic carbocycles. The van der Waals surface area contributed by atoms with Crippen LogP contribution in [0.2, 0.25) is 0 Å². The van der Waals surface area contributed by atoms with E-state index in [-0.39, 0.29) is 5.91 Å². The highest BCUT2D eigenvalue weighted by molar-refractivity contribution is 5.95. The number of hydrogen-bond acceptors (Lipinski definition) is 3. The SMILES string of the molecule is Cc1ncccc1C(=O)N1CC(c2ncc(C)n2CC2CC2)C1. The molecule has 1 saturated heterocycles. The summed E-state index contributed by atoms with van der Waals surface area (Å²) in [6.07, 6.45) is 6.37. The first-order chi connectivity index (χ1) is 11.1. The Labute approximate surface area is 136 Å². The molecule has 4 rings (SSSR count). The van der Waals surface area contributed by atoms with Crippen LogP contribution in [0.3, 0.4) is 0 Å². The van der Waals surface area contributed by atoms with Crippen molar-refractivity contribution in [1.82, 2.24) is 19.4 Å². The second-order valence-electron chi connectivity index (χ2n) is 6.86. The lowest BCUT2D eigenvalue weighted by Crippen LogP contribution is -2.49. The zero-order valence-electron chi connectivity index (χ0n) is 13.7. The molecule has 1 saturated carbocycles. The van der Waals surface area contributed by atoms with Crippen molar-refractivity contribution in [2.24, 2.45) is 5.92 Å². The van der Waals surface area contributed by atoms with Gasteiger partial charge in [-0.3, -0.25) is 9.78 Å². The molecule has 0 atom stereocenters. The normalized spacial score (nSPS) is 18.1. The number of aromatic nitrogens is 3. The van der Waals surface area contributed by atoms with Crippen molar-refractivity contribution in [3.8, 4) is 0 Å². The van der Waals surface area contributed by atoms with E-state index >= 15 is 0 Å². The summed E-state index contributed by atoms with van der Waals surface area (Å²) < 4.78 is 2.36.